The molecule has 102 valence electrons. The number of nitrogens with zero attached hydrogens (tertiary/aromatic N) is 2. The number of rotatable bonds is 4. The predicted octanol–water partition coefficient (Wildman–Crippen LogP) is 2.34. The summed E-state index contributed by atoms with van der Waals surface area (Å²) in [4.78, 5) is 4.52. The van der Waals surface area contributed by atoms with Gasteiger partial charge in [-0.25, -0.2) is 4.98 Å². The molecule has 4 nitrogen and oxygen atoms in total. The highest BCUT2D eigenvalue weighted by Gasteiger charge is 2.20. The number of nitriles is 1. The third-order valence-electron chi connectivity index (χ3n) is 3.73. The molecule has 1 aromatic rings. The zero-order valence-corrected chi connectivity index (χ0v) is 11.7. The average Bonchev–Trinajstić information content (AvgIpc) is 2.44. The Balaban J connectivity index is 2.22. The summed E-state index contributed by atoms with van der Waals surface area (Å²) in [6.07, 6.45) is 5.15. The third-order valence-corrected chi connectivity index (χ3v) is 3.73. The molecule has 0 bridgehead atoms. The first kappa shape index (κ1) is 13.8. The lowest BCUT2D eigenvalue weighted by Crippen LogP contribution is -2.41. The Morgan fingerprint density at radius 1 is 1.47 bits per heavy atom. The van der Waals surface area contributed by atoms with Crippen LogP contribution >= 0.6 is 0 Å². The van der Waals surface area contributed by atoms with Crippen molar-refractivity contribution >= 4 is 0 Å². The summed E-state index contributed by atoms with van der Waals surface area (Å²) < 4.78 is 5.69. The van der Waals surface area contributed by atoms with E-state index in [4.69, 9.17) is 10.5 Å². The molecule has 0 aliphatic heterocycles. The molecule has 2 N–H and O–H groups in total. The monoisotopic (exact) mass is 259 g/mol. The molecule has 0 saturated carbocycles. The predicted molar refractivity (Wildman–Crippen MR) is 74.0 cm³/mol. The number of hydrogen-bond acceptors (Lipinski definition) is 4. The van der Waals surface area contributed by atoms with E-state index in [0.717, 1.165) is 31.4 Å². The molecule has 1 aromatic heterocycles. The molecule has 0 amide bonds. The van der Waals surface area contributed by atoms with Gasteiger partial charge in [-0.2, -0.15) is 5.26 Å². The Morgan fingerprint density at radius 2 is 2.21 bits per heavy atom. The molecular weight excluding hydrogens is 238 g/mol. The van der Waals surface area contributed by atoms with Crippen LogP contribution in [0, 0.1) is 11.3 Å². The van der Waals surface area contributed by atoms with Gasteiger partial charge in [0.15, 0.2) is 0 Å². The molecular formula is C15H21N3O. The van der Waals surface area contributed by atoms with Crippen molar-refractivity contribution in [2.24, 2.45) is 5.73 Å². The van der Waals surface area contributed by atoms with E-state index >= 15 is 0 Å². The molecule has 1 aliphatic carbocycles. The van der Waals surface area contributed by atoms with E-state index in [-0.39, 0.29) is 5.54 Å². The van der Waals surface area contributed by atoms with Crippen molar-refractivity contribution < 1.29 is 4.74 Å². The van der Waals surface area contributed by atoms with Gasteiger partial charge in [-0.15, -0.1) is 0 Å². The van der Waals surface area contributed by atoms with E-state index < -0.39 is 0 Å². The van der Waals surface area contributed by atoms with Gasteiger partial charge in [0.1, 0.15) is 18.2 Å². The van der Waals surface area contributed by atoms with Crippen LogP contribution in [-0.4, -0.2) is 17.1 Å². The van der Waals surface area contributed by atoms with Crippen LogP contribution in [0.25, 0.3) is 0 Å². The van der Waals surface area contributed by atoms with Gasteiger partial charge in [-0.3, -0.25) is 0 Å². The molecule has 19 heavy (non-hydrogen) atoms. The van der Waals surface area contributed by atoms with Crippen molar-refractivity contribution in [1.82, 2.24) is 4.98 Å². The maximum Gasteiger partial charge on any atom is 0.231 e. The number of fused-ring (bicyclic) bond motifs is 1. The fraction of sp³-hybridized carbons (Fsp3) is 0.600. The number of aromatic nitrogens is 1. The van der Waals surface area contributed by atoms with Crippen molar-refractivity contribution in [3.63, 3.8) is 0 Å². The Bertz CT molecular complexity index is 503. The maximum absolute atomic E-state index is 9.21. The Morgan fingerprint density at radius 3 is 2.89 bits per heavy atom. The Labute approximate surface area is 114 Å². The zero-order chi connectivity index (χ0) is 13.9. The number of pyridine rings is 1. The van der Waals surface area contributed by atoms with Gasteiger partial charge in [0, 0.05) is 11.2 Å². The van der Waals surface area contributed by atoms with Gasteiger partial charge in [0.05, 0.1) is 0 Å². The van der Waals surface area contributed by atoms with E-state index in [0.29, 0.717) is 18.1 Å². The quantitative estimate of drug-likeness (QED) is 0.900. The molecule has 4 heteroatoms. The second kappa shape index (κ2) is 5.58. The highest BCUT2D eigenvalue weighted by molar-refractivity contribution is 5.43. The summed E-state index contributed by atoms with van der Waals surface area (Å²) in [5.74, 6) is 0.438. The molecule has 0 radical (unpaired) electrons. The zero-order valence-electron chi connectivity index (χ0n) is 11.7. The number of hydrogen-bond donors (Lipinski definition) is 1. The number of nitrogens with two attached hydrogens (primary N) is 1. The van der Waals surface area contributed by atoms with E-state index in [2.05, 4.69) is 11.1 Å². The molecule has 0 spiro atoms. The molecule has 1 aliphatic rings. The maximum atomic E-state index is 9.21. The summed E-state index contributed by atoms with van der Waals surface area (Å²) >= 11 is 0. The first-order valence-electron chi connectivity index (χ1n) is 6.90. The van der Waals surface area contributed by atoms with Gasteiger partial charge in [0.25, 0.3) is 0 Å². The lowest BCUT2D eigenvalue weighted by atomic mass is 9.95. The molecule has 0 saturated heterocycles. The molecule has 0 fully saturated rings. The smallest absolute Gasteiger partial charge is 0.231 e. The van der Waals surface area contributed by atoms with Gasteiger partial charge in [-0.1, -0.05) is 6.92 Å². The SMILES string of the molecule is CCC(C)(N)COc1nc2c(cc1C#N)CCCC2. The van der Waals surface area contributed by atoms with Crippen LogP contribution < -0.4 is 10.5 Å². The number of ether oxygens (including phenoxy) is 1. The Kier molecular flexibility index (Phi) is 4.06. The fourth-order valence-corrected chi connectivity index (χ4v) is 2.14. The summed E-state index contributed by atoms with van der Waals surface area (Å²) in [5, 5.41) is 9.21. The van der Waals surface area contributed by atoms with E-state index in [1.807, 2.05) is 19.9 Å². The average molecular weight is 259 g/mol. The van der Waals surface area contributed by atoms with Crippen molar-refractivity contribution in [2.75, 3.05) is 6.61 Å². The summed E-state index contributed by atoms with van der Waals surface area (Å²) in [5.41, 5.74) is 8.47. The van der Waals surface area contributed by atoms with Crippen molar-refractivity contribution in [3.8, 4) is 11.9 Å². The Hall–Kier alpha value is -1.60. The lowest BCUT2D eigenvalue weighted by Gasteiger charge is -2.23. The van der Waals surface area contributed by atoms with Gasteiger partial charge in [0.2, 0.25) is 5.88 Å². The minimum Gasteiger partial charge on any atom is -0.475 e. The van der Waals surface area contributed by atoms with E-state index in [1.165, 1.54) is 12.0 Å². The molecule has 2 rings (SSSR count). The van der Waals surface area contributed by atoms with Crippen LogP contribution in [0.4, 0.5) is 0 Å². The summed E-state index contributed by atoms with van der Waals surface area (Å²) in [6, 6.07) is 4.10. The molecule has 1 atom stereocenters. The standard InChI is InChI=1S/C15H21N3O/c1-3-15(2,17)10-19-14-12(9-16)8-11-6-4-5-7-13(11)18-14/h8H,3-7,10,17H2,1-2H3. The second-order valence-electron chi connectivity index (χ2n) is 5.56. The van der Waals surface area contributed by atoms with Crippen LogP contribution in [-0.2, 0) is 12.8 Å². The van der Waals surface area contributed by atoms with E-state index in [1.54, 1.807) is 0 Å². The largest absolute Gasteiger partial charge is 0.475 e. The fourth-order valence-electron chi connectivity index (χ4n) is 2.14. The van der Waals surface area contributed by atoms with Gasteiger partial charge in [-0.05, 0) is 50.7 Å². The van der Waals surface area contributed by atoms with Crippen LogP contribution in [0.3, 0.4) is 0 Å². The van der Waals surface area contributed by atoms with E-state index in [9.17, 15) is 5.26 Å². The highest BCUT2D eigenvalue weighted by atomic mass is 16.5. The minimum atomic E-state index is -0.385. The van der Waals surface area contributed by atoms with Crippen LogP contribution in [0.15, 0.2) is 6.07 Å². The van der Waals surface area contributed by atoms with Gasteiger partial charge >= 0.3 is 0 Å². The minimum absolute atomic E-state index is 0.379. The lowest BCUT2D eigenvalue weighted by molar-refractivity contribution is 0.217. The highest BCUT2D eigenvalue weighted by Crippen LogP contribution is 2.26. The molecule has 1 unspecified atom stereocenters. The topological polar surface area (TPSA) is 71.9 Å². The second-order valence-corrected chi connectivity index (χ2v) is 5.56. The third kappa shape index (κ3) is 3.24. The summed E-state index contributed by atoms with van der Waals surface area (Å²) in [6.45, 7) is 4.34. The van der Waals surface area contributed by atoms with Crippen molar-refractivity contribution in [1.29, 1.82) is 5.26 Å². The molecule has 0 aromatic carbocycles. The van der Waals surface area contributed by atoms with Crippen molar-refractivity contribution in [2.45, 2.75) is 51.5 Å². The normalized spacial score (nSPS) is 17.2. The summed E-state index contributed by atoms with van der Waals surface area (Å²) in [7, 11) is 0. The molecule has 1 heterocycles. The van der Waals surface area contributed by atoms with Crippen LogP contribution in [0.2, 0.25) is 0 Å². The first-order chi connectivity index (χ1) is 9.05. The first-order valence-corrected chi connectivity index (χ1v) is 6.90. The van der Waals surface area contributed by atoms with Crippen LogP contribution in [0.1, 0.15) is 49.9 Å². The number of aryl methyl sites for hydroxylation is 2. The van der Waals surface area contributed by atoms with Gasteiger partial charge < -0.3 is 10.5 Å². The van der Waals surface area contributed by atoms with Crippen LogP contribution in [0.5, 0.6) is 5.88 Å². The van der Waals surface area contributed by atoms with Crippen molar-refractivity contribution in [3.05, 3.63) is 22.9 Å².